The van der Waals surface area contributed by atoms with Gasteiger partial charge in [-0.3, -0.25) is 14.4 Å². The summed E-state index contributed by atoms with van der Waals surface area (Å²) in [5, 5.41) is 0. The van der Waals surface area contributed by atoms with Gasteiger partial charge in [-0.05, 0) is 64.2 Å². The summed E-state index contributed by atoms with van der Waals surface area (Å²) in [4.78, 5) is 37.8. The van der Waals surface area contributed by atoms with Crippen molar-refractivity contribution in [2.24, 2.45) is 0 Å². The number of unbranched alkanes of at least 4 members (excludes halogenated alkanes) is 23. The summed E-state index contributed by atoms with van der Waals surface area (Å²) in [6, 6.07) is 0. The van der Waals surface area contributed by atoms with Crippen molar-refractivity contribution in [3.8, 4) is 0 Å². The molecule has 0 aromatic rings. The third-order valence-electron chi connectivity index (χ3n) is 10.5. The molecule has 340 valence electrons. The minimum absolute atomic E-state index is 0.0778. The zero-order valence-corrected chi connectivity index (χ0v) is 38.8. The predicted molar refractivity (Wildman–Crippen MR) is 251 cm³/mol. The average Bonchev–Trinajstić information content (AvgIpc) is 3.23. The zero-order valence-electron chi connectivity index (χ0n) is 38.8. The lowest BCUT2D eigenvalue weighted by atomic mass is 10.1. The van der Waals surface area contributed by atoms with E-state index in [2.05, 4.69) is 81.5 Å². The van der Waals surface area contributed by atoms with Gasteiger partial charge in [0.1, 0.15) is 13.2 Å². The first kappa shape index (κ1) is 56.1. The van der Waals surface area contributed by atoms with Crippen LogP contribution in [-0.4, -0.2) is 37.2 Å². The van der Waals surface area contributed by atoms with Gasteiger partial charge in [0, 0.05) is 19.3 Å². The van der Waals surface area contributed by atoms with Crippen LogP contribution in [0.25, 0.3) is 0 Å². The zero-order chi connectivity index (χ0) is 43.0. The van der Waals surface area contributed by atoms with E-state index in [0.29, 0.717) is 19.3 Å². The summed E-state index contributed by atoms with van der Waals surface area (Å²) in [6.45, 7) is 6.48. The van der Waals surface area contributed by atoms with Gasteiger partial charge in [0.15, 0.2) is 6.10 Å². The van der Waals surface area contributed by atoms with E-state index in [1.165, 1.54) is 89.9 Å². The molecule has 0 heterocycles. The van der Waals surface area contributed by atoms with Crippen LogP contribution < -0.4 is 0 Å². The molecule has 0 spiro atoms. The van der Waals surface area contributed by atoms with Crippen molar-refractivity contribution < 1.29 is 28.6 Å². The number of carbonyl (C=O) groups excluding carboxylic acids is 3. The molecule has 0 fully saturated rings. The van der Waals surface area contributed by atoms with E-state index in [9.17, 15) is 14.4 Å². The molecule has 0 aliphatic rings. The lowest BCUT2D eigenvalue weighted by Crippen LogP contribution is -2.30. The highest BCUT2D eigenvalue weighted by Crippen LogP contribution is 2.14. The summed E-state index contributed by atoms with van der Waals surface area (Å²) in [6.07, 6.45) is 57.8. The van der Waals surface area contributed by atoms with Gasteiger partial charge in [-0.1, -0.05) is 216 Å². The molecule has 0 aromatic carbocycles. The molecule has 0 aliphatic carbocycles. The largest absolute Gasteiger partial charge is 0.462 e. The Hall–Kier alpha value is -2.89. The molecule has 0 aromatic heterocycles. The highest BCUT2D eigenvalue weighted by Gasteiger charge is 2.19. The number of allylic oxidation sites excluding steroid dienone is 10. The summed E-state index contributed by atoms with van der Waals surface area (Å²) >= 11 is 0. The SMILES string of the molecule is CC/C=C\C/C=C\C/C=C\C/C=C\C/C=C\CCCCCCCC(=O)OCC(COC(=O)CCCCCCCCCCCC)OC(=O)CCCCCCCCCCCC. The van der Waals surface area contributed by atoms with Crippen molar-refractivity contribution in [2.45, 2.75) is 245 Å². The monoisotopic (exact) mass is 825 g/mol. The van der Waals surface area contributed by atoms with E-state index < -0.39 is 6.10 Å². The molecule has 6 nitrogen and oxygen atoms in total. The Morgan fingerprint density at radius 3 is 1.03 bits per heavy atom. The van der Waals surface area contributed by atoms with E-state index in [1.54, 1.807) is 0 Å². The van der Waals surface area contributed by atoms with Crippen LogP contribution in [0.15, 0.2) is 60.8 Å². The van der Waals surface area contributed by atoms with Crippen molar-refractivity contribution in [1.29, 1.82) is 0 Å². The van der Waals surface area contributed by atoms with Crippen LogP contribution >= 0.6 is 0 Å². The number of hydrogen-bond donors (Lipinski definition) is 0. The maximum Gasteiger partial charge on any atom is 0.306 e. The van der Waals surface area contributed by atoms with Gasteiger partial charge in [0.05, 0.1) is 0 Å². The molecular weight excluding hydrogens is 733 g/mol. The lowest BCUT2D eigenvalue weighted by Gasteiger charge is -2.18. The fourth-order valence-electron chi connectivity index (χ4n) is 6.82. The average molecular weight is 825 g/mol. The normalized spacial score (nSPS) is 12.5. The Labute approximate surface area is 364 Å². The number of ether oxygens (including phenoxy) is 3. The third kappa shape index (κ3) is 46.0. The van der Waals surface area contributed by atoms with Crippen molar-refractivity contribution in [2.75, 3.05) is 13.2 Å². The quantitative estimate of drug-likeness (QED) is 0.0263. The molecule has 0 bridgehead atoms. The fraction of sp³-hybridized carbons (Fsp3) is 0.755. The molecule has 0 N–H and O–H groups in total. The molecule has 0 saturated carbocycles. The van der Waals surface area contributed by atoms with Crippen LogP contribution in [0.1, 0.15) is 239 Å². The first-order valence-electron chi connectivity index (χ1n) is 24.8. The van der Waals surface area contributed by atoms with Crippen molar-refractivity contribution >= 4 is 17.9 Å². The van der Waals surface area contributed by atoms with E-state index in [4.69, 9.17) is 14.2 Å². The Kier molecular flexibility index (Phi) is 45.4. The summed E-state index contributed by atoms with van der Waals surface area (Å²) in [7, 11) is 0. The van der Waals surface area contributed by atoms with Crippen LogP contribution in [0.3, 0.4) is 0 Å². The second-order valence-electron chi connectivity index (χ2n) is 16.4. The standard InChI is InChI=1S/C53H92O6/c1-4-7-10-13-16-19-22-23-24-25-26-27-28-29-30-31-32-35-37-40-43-46-52(55)58-49-50(59-53(56)47-44-41-38-34-21-18-15-12-9-6-3)48-57-51(54)45-42-39-36-33-20-17-14-11-8-5-2/h7,10,16,19,23-24,26-27,29-30,50H,4-6,8-9,11-15,17-18,20-22,25,28,31-49H2,1-3H3/b10-7-,19-16-,24-23-,27-26-,30-29-. The molecule has 1 atom stereocenters. The van der Waals surface area contributed by atoms with Crippen LogP contribution in [0.4, 0.5) is 0 Å². The number of hydrogen-bond acceptors (Lipinski definition) is 6. The molecule has 6 heteroatoms. The number of rotatable bonds is 44. The molecule has 1 unspecified atom stereocenters. The molecule has 0 aliphatic heterocycles. The summed E-state index contributed by atoms with van der Waals surface area (Å²) < 4.78 is 16.7. The maximum atomic E-state index is 12.7. The summed E-state index contributed by atoms with van der Waals surface area (Å²) in [5.41, 5.74) is 0. The minimum atomic E-state index is -0.776. The molecule has 59 heavy (non-hydrogen) atoms. The Morgan fingerprint density at radius 2 is 0.661 bits per heavy atom. The fourth-order valence-corrected chi connectivity index (χ4v) is 6.82. The van der Waals surface area contributed by atoms with Crippen molar-refractivity contribution in [1.82, 2.24) is 0 Å². The van der Waals surface area contributed by atoms with Crippen LogP contribution in [0.2, 0.25) is 0 Å². The van der Waals surface area contributed by atoms with Crippen molar-refractivity contribution in [3.63, 3.8) is 0 Å². The Balaban J connectivity index is 4.31. The third-order valence-corrected chi connectivity index (χ3v) is 10.5. The van der Waals surface area contributed by atoms with Crippen molar-refractivity contribution in [3.05, 3.63) is 60.8 Å². The van der Waals surface area contributed by atoms with E-state index in [1.807, 2.05) is 0 Å². The first-order valence-corrected chi connectivity index (χ1v) is 24.8. The van der Waals surface area contributed by atoms with E-state index in [-0.39, 0.29) is 31.1 Å². The Bertz CT molecular complexity index is 1090. The minimum Gasteiger partial charge on any atom is -0.462 e. The second kappa shape index (κ2) is 47.8. The lowest BCUT2D eigenvalue weighted by molar-refractivity contribution is -0.167. The smallest absolute Gasteiger partial charge is 0.306 e. The first-order chi connectivity index (χ1) is 29.0. The highest BCUT2D eigenvalue weighted by atomic mass is 16.6. The molecule has 0 saturated heterocycles. The summed E-state index contributed by atoms with van der Waals surface area (Å²) in [5.74, 6) is -0.898. The molecular formula is C53H92O6. The van der Waals surface area contributed by atoms with Gasteiger partial charge in [0.25, 0.3) is 0 Å². The van der Waals surface area contributed by atoms with E-state index >= 15 is 0 Å². The highest BCUT2D eigenvalue weighted by molar-refractivity contribution is 5.71. The predicted octanol–water partition coefficient (Wildman–Crippen LogP) is 16.1. The van der Waals surface area contributed by atoms with Crippen LogP contribution in [-0.2, 0) is 28.6 Å². The molecule has 0 rings (SSSR count). The number of esters is 3. The topological polar surface area (TPSA) is 78.9 Å². The number of carbonyl (C=O) groups is 3. The molecule has 0 amide bonds. The second-order valence-corrected chi connectivity index (χ2v) is 16.4. The van der Waals surface area contributed by atoms with Gasteiger partial charge in [-0.15, -0.1) is 0 Å². The van der Waals surface area contributed by atoms with E-state index in [0.717, 1.165) is 109 Å². The maximum absolute atomic E-state index is 12.7. The van der Waals surface area contributed by atoms with Gasteiger partial charge >= 0.3 is 17.9 Å². The van der Waals surface area contributed by atoms with Gasteiger partial charge in [-0.25, -0.2) is 0 Å². The van der Waals surface area contributed by atoms with Gasteiger partial charge in [0.2, 0.25) is 0 Å². The Morgan fingerprint density at radius 1 is 0.356 bits per heavy atom. The van der Waals surface area contributed by atoms with Gasteiger partial charge < -0.3 is 14.2 Å². The van der Waals surface area contributed by atoms with Crippen LogP contribution in [0.5, 0.6) is 0 Å². The molecule has 0 radical (unpaired) electrons. The van der Waals surface area contributed by atoms with Crippen LogP contribution in [0, 0.1) is 0 Å². The van der Waals surface area contributed by atoms with Gasteiger partial charge in [-0.2, -0.15) is 0 Å².